The molecule has 0 aliphatic carbocycles. The van der Waals surface area contributed by atoms with Crippen molar-refractivity contribution in [1.29, 1.82) is 0 Å². The minimum atomic E-state index is -4.48. The molecule has 2 aromatic carbocycles. The van der Waals surface area contributed by atoms with Gasteiger partial charge in [0.25, 0.3) is 11.8 Å². The number of carbonyl (C=O) groups excluding carboxylic acids is 2. The van der Waals surface area contributed by atoms with Crippen LogP contribution in [-0.2, 0) is 6.18 Å². The van der Waals surface area contributed by atoms with Crippen molar-refractivity contribution < 1.29 is 32.7 Å². The first-order valence-electron chi connectivity index (χ1n) is 7.76. The van der Waals surface area contributed by atoms with Gasteiger partial charge in [0.05, 0.1) is 16.7 Å². The molecule has 0 unspecified atom stereocenters. The van der Waals surface area contributed by atoms with E-state index < -0.39 is 29.5 Å². The summed E-state index contributed by atoms with van der Waals surface area (Å²) in [5, 5.41) is 14.0. The molecule has 0 radical (unpaired) electrons. The Balaban J connectivity index is 1.85. The quantitative estimate of drug-likeness (QED) is 0.671. The number of halogens is 3. The highest BCUT2D eigenvalue weighted by Gasteiger charge is 2.30. The van der Waals surface area contributed by atoms with Gasteiger partial charge in [-0.15, -0.1) is 0 Å². The third-order valence-corrected chi connectivity index (χ3v) is 3.57. The molecule has 0 saturated heterocycles. The molecule has 27 heavy (non-hydrogen) atoms. The summed E-state index contributed by atoms with van der Waals surface area (Å²) in [5.74, 6) is -2.45. The molecule has 2 rings (SSSR count). The molecular weight excluding hydrogens is 365 g/mol. The predicted molar refractivity (Wildman–Crippen MR) is 89.5 cm³/mol. The zero-order chi connectivity index (χ0) is 20.0. The van der Waals surface area contributed by atoms with Crippen molar-refractivity contribution in [3.63, 3.8) is 0 Å². The fourth-order valence-electron chi connectivity index (χ4n) is 2.23. The van der Waals surface area contributed by atoms with Crippen molar-refractivity contribution in [2.45, 2.75) is 6.18 Å². The highest BCUT2D eigenvalue weighted by molar-refractivity contribution is 6.04. The lowest BCUT2D eigenvalue weighted by Crippen LogP contribution is -2.35. The zero-order valence-electron chi connectivity index (χ0n) is 13.8. The van der Waals surface area contributed by atoms with Crippen molar-refractivity contribution in [1.82, 2.24) is 10.6 Å². The summed E-state index contributed by atoms with van der Waals surface area (Å²) in [6, 6.07) is 9.39. The molecular formula is C18H15F3N2O4. The number of aromatic carboxylic acids is 1. The number of alkyl halides is 3. The molecule has 0 atom stereocenters. The Bertz CT molecular complexity index is 848. The molecule has 0 spiro atoms. The molecule has 0 aromatic heterocycles. The maximum Gasteiger partial charge on any atom is 0.416 e. The molecule has 3 N–H and O–H groups in total. The van der Waals surface area contributed by atoms with E-state index in [1.165, 1.54) is 24.3 Å². The van der Waals surface area contributed by atoms with Crippen LogP contribution in [0.25, 0.3) is 0 Å². The van der Waals surface area contributed by atoms with E-state index in [2.05, 4.69) is 10.6 Å². The minimum absolute atomic E-state index is 0.0131. The second-order valence-corrected chi connectivity index (χ2v) is 5.44. The van der Waals surface area contributed by atoms with Crippen LogP contribution in [-0.4, -0.2) is 36.0 Å². The van der Waals surface area contributed by atoms with Gasteiger partial charge >= 0.3 is 12.1 Å². The van der Waals surface area contributed by atoms with Gasteiger partial charge in [-0.05, 0) is 36.4 Å². The third-order valence-electron chi connectivity index (χ3n) is 3.57. The Kier molecular flexibility index (Phi) is 6.17. The van der Waals surface area contributed by atoms with Crippen LogP contribution in [0.15, 0.2) is 48.5 Å². The van der Waals surface area contributed by atoms with Crippen LogP contribution in [0.3, 0.4) is 0 Å². The van der Waals surface area contributed by atoms with Gasteiger partial charge in [-0.3, -0.25) is 9.59 Å². The zero-order valence-corrected chi connectivity index (χ0v) is 13.8. The van der Waals surface area contributed by atoms with Gasteiger partial charge in [0.15, 0.2) is 0 Å². The Hall–Kier alpha value is -3.36. The largest absolute Gasteiger partial charge is 0.478 e. The van der Waals surface area contributed by atoms with E-state index in [0.717, 1.165) is 24.3 Å². The number of amides is 2. The summed E-state index contributed by atoms with van der Waals surface area (Å²) in [6.45, 7) is 0.0278. The SMILES string of the molecule is O=C(NCCNC(=O)c1ccccc1C(=O)O)c1ccc(C(F)(F)F)cc1. The van der Waals surface area contributed by atoms with Crippen LogP contribution in [0.1, 0.15) is 36.6 Å². The summed E-state index contributed by atoms with van der Waals surface area (Å²) >= 11 is 0. The standard InChI is InChI=1S/C18H15F3N2O4/c19-18(20,21)12-7-5-11(6-8-12)15(24)22-9-10-23-16(25)13-3-1-2-4-14(13)17(26)27/h1-8H,9-10H2,(H,22,24)(H,23,25)(H,26,27). The number of benzene rings is 2. The highest BCUT2D eigenvalue weighted by Crippen LogP contribution is 2.29. The molecule has 0 bridgehead atoms. The van der Waals surface area contributed by atoms with Crippen molar-refractivity contribution in [3.05, 3.63) is 70.8 Å². The summed E-state index contributed by atoms with van der Waals surface area (Å²) in [6.07, 6.45) is -4.48. The van der Waals surface area contributed by atoms with Crippen LogP contribution in [0.4, 0.5) is 13.2 Å². The number of hydrogen-bond donors (Lipinski definition) is 3. The Morgan fingerprint density at radius 3 is 1.85 bits per heavy atom. The van der Waals surface area contributed by atoms with Crippen molar-refractivity contribution >= 4 is 17.8 Å². The van der Waals surface area contributed by atoms with E-state index in [4.69, 9.17) is 5.11 Å². The summed E-state index contributed by atoms with van der Waals surface area (Å²) < 4.78 is 37.5. The summed E-state index contributed by atoms with van der Waals surface area (Å²) in [4.78, 5) is 35.0. The number of carboxylic acid groups (broad SMARTS) is 1. The Morgan fingerprint density at radius 1 is 0.815 bits per heavy atom. The van der Waals surface area contributed by atoms with E-state index in [0.29, 0.717) is 0 Å². The van der Waals surface area contributed by atoms with Crippen LogP contribution in [0.5, 0.6) is 0 Å². The van der Waals surface area contributed by atoms with Crippen LogP contribution in [0.2, 0.25) is 0 Å². The Morgan fingerprint density at radius 2 is 1.33 bits per heavy atom. The van der Waals surface area contributed by atoms with E-state index in [1.54, 1.807) is 0 Å². The first-order valence-corrected chi connectivity index (χ1v) is 7.76. The molecule has 9 heteroatoms. The maximum atomic E-state index is 12.5. The summed E-state index contributed by atoms with van der Waals surface area (Å²) in [5.41, 5.74) is -0.975. The van der Waals surface area contributed by atoms with Gasteiger partial charge in [-0.1, -0.05) is 12.1 Å². The minimum Gasteiger partial charge on any atom is -0.478 e. The average Bonchev–Trinajstić information content (AvgIpc) is 2.64. The summed E-state index contributed by atoms with van der Waals surface area (Å²) in [7, 11) is 0. The number of hydrogen-bond acceptors (Lipinski definition) is 3. The fourth-order valence-corrected chi connectivity index (χ4v) is 2.23. The number of carboxylic acids is 1. The second kappa shape index (κ2) is 8.35. The predicted octanol–water partition coefficient (Wildman–Crippen LogP) is 2.56. The molecule has 0 heterocycles. The van der Waals surface area contributed by atoms with E-state index >= 15 is 0 Å². The van der Waals surface area contributed by atoms with E-state index in [9.17, 15) is 27.6 Å². The van der Waals surface area contributed by atoms with Crippen LogP contribution in [0, 0.1) is 0 Å². The molecule has 2 aromatic rings. The topological polar surface area (TPSA) is 95.5 Å². The molecule has 0 aliphatic rings. The van der Waals surface area contributed by atoms with Gasteiger partial charge < -0.3 is 15.7 Å². The molecule has 0 saturated carbocycles. The number of carbonyl (C=O) groups is 3. The van der Waals surface area contributed by atoms with Gasteiger partial charge in [-0.2, -0.15) is 13.2 Å². The molecule has 0 aliphatic heterocycles. The smallest absolute Gasteiger partial charge is 0.416 e. The van der Waals surface area contributed by atoms with Crippen LogP contribution >= 0.6 is 0 Å². The molecule has 142 valence electrons. The third kappa shape index (κ3) is 5.30. The van der Waals surface area contributed by atoms with Gasteiger partial charge in [0, 0.05) is 18.7 Å². The average molecular weight is 380 g/mol. The maximum absolute atomic E-state index is 12.5. The van der Waals surface area contributed by atoms with Gasteiger partial charge in [-0.25, -0.2) is 4.79 Å². The molecule has 0 fully saturated rings. The molecule has 6 nitrogen and oxygen atoms in total. The van der Waals surface area contributed by atoms with Crippen molar-refractivity contribution in [3.8, 4) is 0 Å². The lowest BCUT2D eigenvalue weighted by atomic mass is 10.1. The number of nitrogens with one attached hydrogen (secondary N) is 2. The van der Waals surface area contributed by atoms with Crippen molar-refractivity contribution in [2.75, 3.05) is 13.1 Å². The highest BCUT2D eigenvalue weighted by atomic mass is 19.4. The van der Waals surface area contributed by atoms with Gasteiger partial charge in [0.2, 0.25) is 0 Å². The lowest BCUT2D eigenvalue weighted by molar-refractivity contribution is -0.137. The van der Waals surface area contributed by atoms with E-state index in [1.807, 2.05) is 0 Å². The number of rotatable bonds is 6. The van der Waals surface area contributed by atoms with E-state index in [-0.39, 0.29) is 29.8 Å². The first kappa shape index (κ1) is 20.0. The fraction of sp³-hybridized carbons (Fsp3) is 0.167. The normalized spacial score (nSPS) is 10.9. The lowest BCUT2D eigenvalue weighted by Gasteiger charge is -2.10. The monoisotopic (exact) mass is 380 g/mol. The second-order valence-electron chi connectivity index (χ2n) is 5.44. The van der Waals surface area contributed by atoms with Gasteiger partial charge in [0.1, 0.15) is 0 Å². The molecule has 2 amide bonds. The first-order chi connectivity index (χ1) is 12.7. The Labute approximate surface area is 152 Å². The van der Waals surface area contributed by atoms with Crippen LogP contribution < -0.4 is 10.6 Å². The van der Waals surface area contributed by atoms with Crippen molar-refractivity contribution in [2.24, 2.45) is 0 Å².